The van der Waals surface area contributed by atoms with Crippen LogP contribution < -0.4 is 11.1 Å². The van der Waals surface area contributed by atoms with E-state index in [-0.39, 0.29) is 12.5 Å². The molecule has 0 aromatic rings. The van der Waals surface area contributed by atoms with Gasteiger partial charge in [-0.3, -0.25) is 9.59 Å². The summed E-state index contributed by atoms with van der Waals surface area (Å²) in [5, 5.41) is 3.34. The van der Waals surface area contributed by atoms with E-state index in [1.54, 1.807) is 4.90 Å². The maximum absolute atomic E-state index is 12.8. The van der Waals surface area contributed by atoms with E-state index in [0.717, 1.165) is 32.2 Å². The lowest BCUT2D eigenvalue weighted by Crippen LogP contribution is -2.62. The molecule has 2 atom stereocenters. The number of hydrogen-bond acceptors (Lipinski definition) is 4. The van der Waals surface area contributed by atoms with Crippen molar-refractivity contribution >= 4 is 11.8 Å². The van der Waals surface area contributed by atoms with Gasteiger partial charge in [0.25, 0.3) is 0 Å². The number of nitrogens with two attached hydrogens (primary N) is 1. The summed E-state index contributed by atoms with van der Waals surface area (Å²) in [6.07, 6.45) is 3.57. The zero-order valence-electron chi connectivity index (χ0n) is 11.5. The zero-order chi connectivity index (χ0) is 13.9. The van der Waals surface area contributed by atoms with E-state index in [4.69, 9.17) is 10.5 Å². The Kier molecular flexibility index (Phi) is 4.42. The summed E-state index contributed by atoms with van der Waals surface area (Å²) < 4.78 is 5.26. The predicted molar refractivity (Wildman–Crippen MR) is 70.4 cm³/mol. The van der Waals surface area contributed by atoms with Gasteiger partial charge in [-0.05, 0) is 25.8 Å². The highest BCUT2D eigenvalue weighted by atomic mass is 16.5. The van der Waals surface area contributed by atoms with Gasteiger partial charge in [0.1, 0.15) is 6.04 Å². The maximum atomic E-state index is 12.8. The fourth-order valence-electron chi connectivity index (χ4n) is 3.09. The van der Waals surface area contributed by atoms with Gasteiger partial charge in [-0.25, -0.2) is 0 Å². The Morgan fingerprint density at radius 1 is 1.53 bits per heavy atom. The number of amides is 2. The molecular formula is C13H23N3O3. The van der Waals surface area contributed by atoms with Gasteiger partial charge in [-0.2, -0.15) is 0 Å². The normalized spacial score (nSPS) is 31.4. The lowest BCUT2D eigenvalue weighted by atomic mass is 9.89. The van der Waals surface area contributed by atoms with Crippen LogP contribution >= 0.6 is 0 Å². The molecule has 2 rings (SSSR count). The van der Waals surface area contributed by atoms with E-state index >= 15 is 0 Å². The molecule has 2 saturated heterocycles. The summed E-state index contributed by atoms with van der Waals surface area (Å²) in [5.41, 5.74) is 4.88. The van der Waals surface area contributed by atoms with Crippen molar-refractivity contribution in [2.75, 3.05) is 26.3 Å². The molecule has 6 heteroatoms. The van der Waals surface area contributed by atoms with E-state index in [2.05, 4.69) is 12.2 Å². The predicted octanol–water partition coefficient (Wildman–Crippen LogP) is -0.379. The van der Waals surface area contributed by atoms with Crippen LogP contribution in [0, 0.1) is 0 Å². The Morgan fingerprint density at radius 2 is 2.32 bits per heavy atom. The standard InChI is InChI=1S/C13H23N3O3/c1-2-4-13(5-3-6-15-13)12(18)16-7-8-19-9-10(16)11(14)17/h10,15H,2-9H2,1H3,(H2,14,17). The molecule has 0 spiro atoms. The van der Waals surface area contributed by atoms with E-state index in [1.807, 2.05) is 0 Å². The van der Waals surface area contributed by atoms with Gasteiger partial charge >= 0.3 is 0 Å². The summed E-state index contributed by atoms with van der Waals surface area (Å²) in [6, 6.07) is -0.627. The number of nitrogens with zero attached hydrogens (tertiary/aromatic N) is 1. The van der Waals surface area contributed by atoms with Crippen molar-refractivity contribution in [2.24, 2.45) is 5.73 Å². The van der Waals surface area contributed by atoms with Gasteiger partial charge in [-0.1, -0.05) is 13.3 Å². The molecule has 19 heavy (non-hydrogen) atoms. The third-order valence-electron chi connectivity index (χ3n) is 4.05. The molecule has 2 unspecified atom stereocenters. The molecule has 108 valence electrons. The largest absolute Gasteiger partial charge is 0.377 e. The first kappa shape index (κ1) is 14.3. The smallest absolute Gasteiger partial charge is 0.243 e. The van der Waals surface area contributed by atoms with Crippen molar-refractivity contribution in [3.05, 3.63) is 0 Å². The van der Waals surface area contributed by atoms with Crippen molar-refractivity contribution in [2.45, 2.75) is 44.2 Å². The summed E-state index contributed by atoms with van der Waals surface area (Å²) >= 11 is 0. The number of carbonyl (C=O) groups excluding carboxylic acids is 2. The zero-order valence-corrected chi connectivity index (χ0v) is 11.5. The van der Waals surface area contributed by atoms with Crippen LogP contribution in [0.5, 0.6) is 0 Å². The maximum Gasteiger partial charge on any atom is 0.243 e. The van der Waals surface area contributed by atoms with Crippen LogP contribution in [0.4, 0.5) is 0 Å². The van der Waals surface area contributed by atoms with E-state index in [0.29, 0.717) is 13.2 Å². The van der Waals surface area contributed by atoms with Crippen LogP contribution in [0.15, 0.2) is 0 Å². The molecule has 2 aliphatic rings. The molecule has 0 aromatic carbocycles. The molecule has 2 aliphatic heterocycles. The Morgan fingerprint density at radius 3 is 2.89 bits per heavy atom. The number of morpholine rings is 1. The van der Waals surface area contributed by atoms with Gasteiger partial charge in [0.15, 0.2) is 0 Å². The van der Waals surface area contributed by atoms with Crippen LogP contribution in [-0.4, -0.2) is 54.6 Å². The number of primary amides is 1. The van der Waals surface area contributed by atoms with E-state index in [9.17, 15) is 9.59 Å². The molecule has 0 aromatic heterocycles. The van der Waals surface area contributed by atoms with E-state index < -0.39 is 17.5 Å². The molecule has 6 nitrogen and oxygen atoms in total. The van der Waals surface area contributed by atoms with Gasteiger partial charge in [-0.15, -0.1) is 0 Å². The minimum absolute atomic E-state index is 0.0129. The average molecular weight is 269 g/mol. The highest BCUT2D eigenvalue weighted by molar-refractivity contribution is 5.92. The SMILES string of the molecule is CCCC1(C(=O)N2CCOCC2C(N)=O)CCCN1. The first-order chi connectivity index (χ1) is 9.10. The average Bonchev–Trinajstić information content (AvgIpc) is 2.88. The van der Waals surface area contributed by atoms with Crippen molar-refractivity contribution in [1.29, 1.82) is 0 Å². The molecule has 3 N–H and O–H groups in total. The lowest BCUT2D eigenvalue weighted by Gasteiger charge is -2.40. The summed E-state index contributed by atoms with van der Waals surface area (Å²) in [4.78, 5) is 25.9. The molecule has 0 bridgehead atoms. The molecular weight excluding hydrogens is 246 g/mol. The number of carbonyl (C=O) groups is 2. The quantitative estimate of drug-likeness (QED) is 0.728. The minimum atomic E-state index is -0.627. The molecule has 0 saturated carbocycles. The first-order valence-corrected chi connectivity index (χ1v) is 7.04. The fourth-order valence-corrected chi connectivity index (χ4v) is 3.09. The van der Waals surface area contributed by atoms with Crippen molar-refractivity contribution in [3.8, 4) is 0 Å². The number of rotatable bonds is 4. The van der Waals surface area contributed by atoms with Gasteiger partial charge < -0.3 is 20.7 Å². The summed E-state index contributed by atoms with van der Waals surface area (Å²) in [7, 11) is 0. The Labute approximate surface area is 113 Å². The molecule has 2 amide bonds. The second kappa shape index (κ2) is 5.88. The van der Waals surface area contributed by atoms with Gasteiger partial charge in [0, 0.05) is 6.54 Å². The third-order valence-corrected chi connectivity index (χ3v) is 4.05. The number of nitrogens with one attached hydrogen (secondary N) is 1. The third kappa shape index (κ3) is 2.74. The van der Waals surface area contributed by atoms with Crippen molar-refractivity contribution < 1.29 is 14.3 Å². The van der Waals surface area contributed by atoms with Crippen LogP contribution in [0.25, 0.3) is 0 Å². The lowest BCUT2D eigenvalue weighted by molar-refractivity contribution is -0.152. The topological polar surface area (TPSA) is 84.7 Å². The monoisotopic (exact) mass is 269 g/mol. The molecule has 2 fully saturated rings. The van der Waals surface area contributed by atoms with Crippen molar-refractivity contribution in [3.63, 3.8) is 0 Å². The molecule has 0 aliphatic carbocycles. The Hall–Kier alpha value is -1.14. The summed E-state index contributed by atoms with van der Waals surface area (Å²) in [5.74, 6) is -0.475. The minimum Gasteiger partial charge on any atom is -0.377 e. The second-order valence-corrected chi connectivity index (χ2v) is 5.35. The number of hydrogen-bond donors (Lipinski definition) is 2. The van der Waals surface area contributed by atoms with Crippen molar-refractivity contribution in [1.82, 2.24) is 10.2 Å². The Balaban J connectivity index is 2.17. The van der Waals surface area contributed by atoms with E-state index in [1.165, 1.54) is 0 Å². The number of ether oxygens (including phenoxy) is 1. The van der Waals surface area contributed by atoms with Crippen LogP contribution in [0.2, 0.25) is 0 Å². The second-order valence-electron chi connectivity index (χ2n) is 5.35. The first-order valence-electron chi connectivity index (χ1n) is 7.04. The van der Waals surface area contributed by atoms with Gasteiger partial charge in [0.05, 0.1) is 18.8 Å². The van der Waals surface area contributed by atoms with Crippen LogP contribution in [-0.2, 0) is 14.3 Å². The molecule has 0 radical (unpaired) electrons. The van der Waals surface area contributed by atoms with Crippen LogP contribution in [0.1, 0.15) is 32.6 Å². The summed E-state index contributed by atoms with van der Waals surface area (Å²) in [6.45, 7) is 4.05. The van der Waals surface area contributed by atoms with Crippen LogP contribution in [0.3, 0.4) is 0 Å². The molecule has 2 heterocycles. The van der Waals surface area contributed by atoms with Gasteiger partial charge in [0.2, 0.25) is 11.8 Å². The fraction of sp³-hybridized carbons (Fsp3) is 0.846. The highest BCUT2D eigenvalue weighted by Gasteiger charge is 2.45. The Bertz CT molecular complexity index is 353. The highest BCUT2D eigenvalue weighted by Crippen LogP contribution is 2.28.